The van der Waals surface area contributed by atoms with E-state index in [-0.39, 0.29) is 12.1 Å². The number of halogens is 1. The monoisotopic (exact) mass is 356 g/mol. The van der Waals surface area contributed by atoms with Crippen LogP contribution in [0.15, 0.2) is 42.5 Å². The van der Waals surface area contributed by atoms with Crippen molar-refractivity contribution in [3.63, 3.8) is 0 Å². The number of nitriles is 1. The van der Waals surface area contributed by atoms with Gasteiger partial charge in [0, 0.05) is 12.2 Å². The maximum Gasteiger partial charge on any atom is 0.319 e. The normalized spacial score (nSPS) is 11.7. The zero-order valence-corrected chi connectivity index (χ0v) is 15.3. The van der Waals surface area contributed by atoms with Gasteiger partial charge in [-0.25, -0.2) is 4.79 Å². The van der Waals surface area contributed by atoms with Gasteiger partial charge in [0.15, 0.2) is 0 Å². The summed E-state index contributed by atoms with van der Waals surface area (Å²) in [6, 6.07) is 14.8. The Morgan fingerprint density at radius 1 is 1.24 bits per heavy atom. The van der Waals surface area contributed by atoms with Gasteiger partial charge < -0.3 is 15.5 Å². The van der Waals surface area contributed by atoms with E-state index in [0.29, 0.717) is 22.8 Å². The summed E-state index contributed by atoms with van der Waals surface area (Å²) in [6.07, 6.45) is 0. The van der Waals surface area contributed by atoms with Crippen LogP contribution in [0.25, 0.3) is 0 Å². The number of likely N-dealkylation sites (N-methyl/N-ethyl adjacent to an activating group) is 1. The molecule has 25 heavy (non-hydrogen) atoms. The third-order valence-electron chi connectivity index (χ3n) is 3.89. The van der Waals surface area contributed by atoms with E-state index in [1.54, 1.807) is 18.2 Å². The van der Waals surface area contributed by atoms with Gasteiger partial charge in [-0.15, -0.1) is 0 Å². The minimum absolute atomic E-state index is 0.0657. The maximum absolute atomic E-state index is 12.1. The number of benzene rings is 2. The largest absolute Gasteiger partial charge is 0.336 e. The highest BCUT2D eigenvalue weighted by Crippen LogP contribution is 2.20. The SMILES string of the molecule is Cc1ccc(C(CNC(=O)Nc2ccc(C#N)c(Cl)c2)N(C)C)cc1. The summed E-state index contributed by atoms with van der Waals surface area (Å²) in [5, 5.41) is 14.8. The number of aryl methyl sites for hydroxylation is 1. The topological polar surface area (TPSA) is 68.2 Å². The molecule has 0 spiro atoms. The second-order valence-electron chi connectivity index (χ2n) is 6.03. The molecular weight excluding hydrogens is 336 g/mol. The summed E-state index contributed by atoms with van der Waals surface area (Å²) in [4.78, 5) is 14.2. The number of carbonyl (C=O) groups is 1. The third-order valence-corrected chi connectivity index (χ3v) is 4.20. The number of hydrogen-bond acceptors (Lipinski definition) is 3. The molecule has 2 amide bonds. The van der Waals surface area contributed by atoms with Crippen LogP contribution in [0.2, 0.25) is 5.02 Å². The lowest BCUT2D eigenvalue weighted by Gasteiger charge is -2.25. The molecule has 2 rings (SSSR count). The van der Waals surface area contributed by atoms with E-state index in [1.165, 1.54) is 5.56 Å². The first-order valence-electron chi connectivity index (χ1n) is 7.88. The fourth-order valence-corrected chi connectivity index (χ4v) is 2.66. The molecular formula is C19H21ClN4O. The molecule has 2 N–H and O–H groups in total. The van der Waals surface area contributed by atoms with Gasteiger partial charge >= 0.3 is 6.03 Å². The first kappa shape index (κ1) is 18.8. The molecule has 0 bridgehead atoms. The zero-order chi connectivity index (χ0) is 18.4. The van der Waals surface area contributed by atoms with E-state index in [2.05, 4.69) is 39.8 Å². The van der Waals surface area contributed by atoms with Crippen molar-refractivity contribution >= 4 is 23.3 Å². The lowest BCUT2D eigenvalue weighted by Crippen LogP contribution is -2.36. The Kier molecular flexibility index (Phi) is 6.40. The van der Waals surface area contributed by atoms with Gasteiger partial charge in [0.2, 0.25) is 0 Å². The fraction of sp³-hybridized carbons (Fsp3) is 0.263. The van der Waals surface area contributed by atoms with Gasteiger partial charge in [-0.05, 0) is 44.8 Å². The van der Waals surface area contributed by atoms with Crippen LogP contribution < -0.4 is 10.6 Å². The van der Waals surface area contributed by atoms with E-state index in [4.69, 9.17) is 16.9 Å². The number of nitrogens with zero attached hydrogens (tertiary/aromatic N) is 2. The lowest BCUT2D eigenvalue weighted by molar-refractivity contribution is 0.243. The van der Waals surface area contributed by atoms with Crippen molar-refractivity contribution in [2.45, 2.75) is 13.0 Å². The molecule has 6 heteroatoms. The number of rotatable bonds is 5. The van der Waals surface area contributed by atoms with Gasteiger partial charge in [-0.3, -0.25) is 0 Å². The maximum atomic E-state index is 12.1. The van der Waals surface area contributed by atoms with Crippen molar-refractivity contribution in [3.8, 4) is 6.07 Å². The smallest absolute Gasteiger partial charge is 0.319 e. The van der Waals surface area contributed by atoms with Crippen LogP contribution in [0.5, 0.6) is 0 Å². The zero-order valence-electron chi connectivity index (χ0n) is 14.5. The molecule has 1 atom stereocenters. The second kappa shape index (κ2) is 8.52. The van der Waals surface area contributed by atoms with Crippen LogP contribution >= 0.6 is 11.6 Å². The standard InChI is InChI=1S/C19H21ClN4O/c1-13-4-6-14(7-5-13)18(24(2)3)12-22-19(25)23-16-9-8-15(11-21)17(20)10-16/h4-10,18H,12H2,1-3H3,(H2,22,23,25). The quantitative estimate of drug-likeness (QED) is 0.852. The van der Waals surface area contributed by atoms with Crippen molar-refractivity contribution in [1.29, 1.82) is 5.26 Å². The second-order valence-corrected chi connectivity index (χ2v) is 6.44. The average molecular weight is 357 g/mol. The van der Waals surface area contributed by atoms with Gasteiger partial charge in [-0.1, -0.05) is 41.4 Å². The van der Waals surface area contributed by atoms with Crippen LogP contribution in [0.3, 0.4) is 0 Å². The summed E-state index contributed by atoms with van der Waals surface area (Å²) in [6.45, 7) is 2.51. The molecule has 0 saturated carbocycles. The minimum atomic E-state index is -0.320. The molecule has 0 aliphatic rings. The highest BCUT2D eigenvalue weighted by atomic mass is 35.5. The van der Waals surface area contributed by atoms with Gasteiger partial charge in [0.25, 0.3) is 0 Å². The molecule has 1 unspecified atom stereocenters. The average Bonchev–Trinajstić information content (AvgIpc) is 2.56. The highest BCUT2D eigenvalue weighted by molar-refractivity contribution is 6.32. The molecule has 0 radical (unpaired) electrons. The van der Waals surface area contributed by atoms with Crippen molar-refractivity contribution in [1.82, 2.24) is 10.2 Å². The Morgan fingerprint density at radius 2 is 1.92 bits per heavy atom. The Bertz CT molecular complexity index is 781. The van der Waals surface area contributed by atoms with E-state index >= 15 is 0 Å². The Morgan fingerprint density at radius 3 is 2.48 bits per heavy atom. The van der Waals surface area contributed by atoms with Crippen molar-refractivity contribution < 1.29 is 4.79 Å². The number of anilines is 1. The molecule has 0 aliphatic heterocycles. The van der Waals surface area contributed by atoms with Crippen molar-refractivity contribution in [2.24, 2.45) is 0 Å². The van der Waals surface area contributed by atoms with Gasteiger partial charge in [0.1, 0.15) is 6.07 Å². The molecule has 0 heterocycles. The summed E-state index contributed by atoms with van der Waals surface area (Å²) in [5.41, 5.74) is 3.25. The first-order chi connectivity index (χ1) is 11.9. The van der Waals surface area contributed by atoms with E-state index in [9.17, 15) is 4.79 Å². The Hall–Kier alpha value is -2.55. The van der Waals surface area contributed by atoms with E-state index in [1.807, 2.05) is 27.1 Å². The summed E-state index contributed by atoms with van der Waals surface area (Å²) in [5.74, 6) is 0. The summed E-state index contributed by atoms with van der Waals surface area (Å²) >= 11 is 5.97. The number of hydrogen-bond donors (Lipinski definition) is 2. The van der Waals surface area contributed by atoms with E-state index < -0.39 is 0 Å². The van der Waals surface area contributed by atoms with Crippen LogP contribution in [0.4, 0.5) is 10.5 Å². The number of amides is 2. The van der Waals surface area contributed by atoms with Crippen molar-refractivity contribution in [3.05, 3.63) is 64.2 Å². The van der Waals surface area contributed by atoms with Crippen LogP contribution in [-0.4, -0.2) is 31.6 Å². The highest BCUT2D eigenvalue weighted by Gasteiger charge is 2.15. The summed E-state index contributed by atoms with van der Waals surface area (Å²) in [7, 11) is 3.95. The first-order valence-corrected chi connectivity index (χ1v) is 8.26. The Labute approximate surface area is 153 Å². The summed E-state index contributed by atoms with van der Waals surface area (Å²) < 4.78 is 0. The van der Waals surface area contributed by atoms with Crippen LogP contribution in [-0.2, 0) is 0 Å². The fourth-order valence-electron chi connectivity index (χ4n) is 2.44. The van der Waals surface area contributed by atoms with Crippen molar-refractivity contribution in [2.75, 3.05) is 26.0 Å². The van der Waals surface area contributed by atoms with Gasteiger partial charge in [0.05, 0.1) is 16.6 Å². The third kappa shape index (κ3) is 5.21. The molecule has 0 saturated heterocycles. The molecule has 2 aromatic carbocycles. The Balaban J connectivity index is 1.98. The number of nitrogens with one attached hydrogen (secondary N) is 2. The minimum Gasteiger partial charge on any atom is -0.336 e. The van der Waals surface area contributed by atoms with Crippen LogP contribution in [0.1, 0.15) is 22.7 Å². The molecule has 130 valence electrons. The lowest BCUT2D eigenvalue weighted by atomic mass is 10.0. The predicted molar refractivity (Wildman–Crippen MR) is 101 cm³/mol. The molecule has 0 fully saturated rings. The molecule has 0 aliphatic carbocycles. The van der Waals surface area contributed by atoms with Crippen LogP contribution in [0, 0.1) is 18.3 Å². The number of urea groups is 1. The molecule has 5 nitrogen and oxygen atoms in total. The van der Waals surface area contributed by atoms with E-state index in [0.717, 1.165) is 5.56 Å². The number of carbonyl (C=O) groups excluding carboxylic acids is 1. The predicted octanol–water partition coefficient (Wildman–Crippen LogP) is 3.94. The molecule has 2 aromatic rings. The van der Waals surface area contributed by atoms with Gasteiger partial charge in [-0.2, -0.15) is 5.26 Å². The molecule has 0 aromatic heterocycles.